The van der Waals surface area contributed by atoms with Crippen molar-refractivity contribution in [2.45, 2.75) is 45.4 Å². The van der Waals surface area contributed by atoms with Gasteiger partial charge in [-0.2, -0.15) is 0 Å². The molecule has 1 aromatic carbocycles. The van der Waals surface area contributed by atoms with Crippen molar-refractivity contribution in [3.05, 3.63) is 35.4 Å². The van der Waals surface area contributed by atoms with Crippen LogP contribution in [0.5, 0.6) is 0 Å². The highest BCUT2D eigenvalue weighted by molar-refractivity contribution is 5.80. The van der Waals surface area contributed by atoms with Crippen molar-refractivity contribution >= 4 is 5.97 Å². The van der Waals surface area contributed by atoms with E-state index in [2.05, 4.69) is 5.32 Å². The summed E-state index contributed by atoms with van der Waals surface area (Å²) in [6.45, 7) is 4.55. The molecule has 1 aromatic rings. The van der Waals surface area contributed by atoms with Gasteiger partial charge in [-0.25, -0.2) is 0 Å². The van der Waals surface area contributed by atoms with Crippen molar-refractivity contribution in [1.29, 1.82) is 0 Å². The molecule has 0 amide bonds. The first-order valence-electron chi connectivity index (χ1n) is 6.58. The fraction of sp³-hybridized carbons (Fsp3) is 0.533. The zero-order valence-electron chi connectivity index (χ0n) is 11.9. The lowest BCUT2D eigenvalue weighted by Gasteiger charge is -2.27. The second kappa shape index (κ2) is 7.26. The molecule has 4 heteroatoms. The van der Waals surface area contributed by atoms with Crippen molar-refractivity contribution in [2.24, 2.45) is 0 Å². The SMILES string of the molecule is CCCC(C)(NCc1ccc(CO)cc1)C(=O)OC. The first kappa shape index (κ1) is 15.7. The molecule has 0 aliphatic heterocycles. The quantitative estimate of drug-likeness (QED) is 0.740. The molecular weight excluding hydrogens is 242 g/mol. The summed E-state index contributed by atoms with van der Waals surface area (Å²) in [5.41, 5.74) is 1.30. The Kier molecular flexibility index (Phi) is 5.99. The molecule has 0 fully saturated rings. The van der Waals surface area contributed by atoms with Gasteiger partial charge in [0.05, 0.1) is 13.7 Å². The van der Waals surface area contributed by atoms with Crippen LogP contribution in [-0.4, -0.2) is 23.7 Å². The third-order valence-electron chi connectivity index (χ3n) is 3.27. The highest BCUT2D eigenvalue weighted by atomic mass is 16.5. The van der Waals surface area contributed by atoms with Crippen LogP contribution in [0.2, 0.25) is 0 Å². The van der Waals surface area contributed by atoms with Gasteiger partial charge < -0.3 is 9.84 Å². The van der Waals surface area contributed by atoms with Crippen LogP contribution in [-0.2, 0) is 22.7 Å². The molecule has 106 valence electrons. The highest BCUT2D eigenvalue weighted by Gasteiger charge is 2.32. The first-order valence-corrected chi connectivity index (χ1v) is 6.58. The Hall–Kier alpha value is -1.39. The van der Waals surface area contributed by atoms with Crippen LogP contribution in [0.3, 0.4) is 0 Å². The molecule has 2 N–H and O–H groups in total. The lowest BCUT2D eigenvalue weighted by molar-refractivity contribution is -0.148. The van der Waals surface area contributed by atoms with E-state index in [4.69, 9.17) is 9.84 Å². The number of nitrogens with one attached hydrogen (secondary N) is 1. The number of rotatable bonds is 7. The Morgan fingerprint density at radius 1 is 1.32 bits per heavy atom. The van der Waals surface area contributed by atoms with E-state index in [1.807, 2.05) is 38.1 Å². The number of carbonyl (C=O) groups excluding carboxylic acids is 1. The normalized spacial score (nSPS) is 13.9. The minimum atomic E-state index is -0.654. The second-order valence-corrected chi connectivity index (χ2v) is 4.90. The summed E-state index contributed by atoms with van der Waals surface area (Å²) in [4.78, 5) is 11.8. The van der Waals surface area contributed by atoms with E-state index < -0.39 is 5.54 Å². The number of carbonyl (C=O) groups is 1. The Labute approximate surface area is 114 Å². The summed E-state index contributed by atoms with van der Waals surface area (Å²) >= 11 is 0. The van der Waals surface area contributed by atoms with Crippen molar-refractivity contribution in [3.63, 3.8) is 0 Å². The molecular formula is C15H23NO3. The van der Waals surface area contributed by atoms with Gasteiger partial charge in [-0.15, -0.1) is 0 Å². The Morgan fingerprint density at radius 3 is 2.37 bits per heavy atom. The van der Waals surface area contributed by atoms with Gasteiger partial charge in [0.15, 0.2) is 0 Å². The van der Waals surface area contributed by atoms with Crippen LogP contribution < -0.4 is 5.32 Å². The van der Waals surface area contributed by atoms with Gasteiger partial charge in [0, 0.05) is 6.54 Å². The third kappa shape index (κ3) is 4.33. The van der Waals surface area contributed by atoms with Crippen LogP contribution in [0.4, 0.5) is 0 Å². The fourth-order valence-corrected chi connectivity index (χ4v) is 2.05. The summed E-state index contributed by atoms with van der Waals surface area (Å²) in [5.74, 6) is -0.235. The number of hydrogen-bond donors (Lipinski definition) is 2. The number of esters is 1. The predicted molar refractivity (Wildman–Crippen MR) is 74.5 cm³/mol. The minimum absolute atomic E-state index is 0.0451. The molecule has 0 radical (unpaired) electrons. The summed E-state index contributed by atoms with van der Waals surface area (Å²) in [5, 5.41) is 12.2. The summed E-state index contributed by atoms with van der Waals surface area (Å²) in [6, 6.07) is 7.66. The van der Waals surface area contributed by atoms with Gasteiger partial charge in [0.2, 0.25) is 0 Å². The van der Waals surface area contributed by atoms with Crippen LogP contribution in [0.1, 0.15) is 37.8 Å². The molecule has 1 atom stereocenters. The Bertz CT molecular complexity index is 402. The van der Waals surface area contributed by atoms with E-state index in [9.17, 15) is 4.79 Å². The van der Waals surface area contributed by atoms with E-state index in [0.29, 0.717) is 6.54 Å². The largest absolute Gasteiger partial charge is 0.468 e. The maximum Gasteiger partial charge on any atom is 0.325 e. The molecule has 0 saturated carbocycles. The molecule has 1 unspecified atom stereocenters. The maximum absolute atomic E-state index is 11.8. The van der Waals surface area contributed by atoms with Crippen LogP contribution in [0, 0.1) is 0 Å². The lowest BCUT2D eigenvalue weighted by atomic mass is 9.95. The van der Waals surface area contributed by atoms with Gasteiger partial charge in [-0.05, 0) is 24.5 Å². The monoisotopic (exact) mass is 265 g/mol. The summed E-state index contributed by atoms with van der Waals surface area (Å²) in [6.07, 6.45) is 1.64. The van der Waals surface area contributed by atoms with Crippen molar-refractivity contribution in [3.8, 4) is 0 Å². The van der Waals surface area contributed by atoms with E-state index in [0.717, 1.165) is 24.0 Å². The number of benzene rings is 1. The standard InChI is InChI=1S/C15H23NO3/c1-4-9-15(2,14(18)19-3)16-10-12-5-7-13(11-17)8-6-12/h5-8,16-17H,4,9-11H2,1-3H3. The zero-order chi connectivity index (χ0) is 14.3. The number of hydrogen-bond acceptors (Lipinski definition) is 4. The number of aliphatic hydroxyl groups is 1. The van der Waals surface area contributed by atoms with Crippen LogP contribution in [0.25, 0.3) is 0 Å². The van der Waals surface area contributed by atoms with E-state index >= 15 is 0 Å². The molecule has 0 bridgehead atoms. The second-order valence-electron chi connectivity index (χ2n) is 4.90. The lowest BCUT2D eigenvalue weighted by Crippen LogP contribution is -2.49. The minimum Gasteiger partial charge on any atom is -0.468 e. The van der Waals surface area contributed by atoms with Crippen molar-refractivity contribution < 1.29 is 14.6 Å². The van der Waals surface area contributed by atoms with Gasteiger partial charge >= 0.3 is 5.97 Å². The molecule has 0 saturated heterocycles. The maximum atomic E-state index is 11.8. The molecule has 19 heavy (non-hydrogen) atoms. The molecule has 0 aliphatic rings. The predicted octanol–water partition coefficient (Wildman–Crippen LogP) is 2.00. The van der Waals surface area contributed by atoms with Crippen LogP contribution in [0.15, 0.2) is 24.3 Å². The van der Waals surface area contributed by atoms with Gasteiger partial charge in [0.25, 0.3) is 0 Å². The number of aliphatic hydroxyl groups excluding tert-OH is 1. The summed E-state index contributed by atoms with van der Waals surface area (Å²) in [7, 11) is 1.41. The zero-order valence-corrected chi connectivity index (χ0v) is 11.9. The fourth-order valence-electron chi connectivity index (χ4n) is 2.05. The smallest absolute Gasteiger partial charge is 0.325 e. The highest BCUT2D eigenvalue weighted by Crippen LogP contribution is 2.15. The average molecular weight is 265 g/mol. The molecule has 0 heterocycles. The number of ether oxygens (including phenoxy) is 1. The van der Waals surface area contributed by atoms with Gasteiger partial charge in [-0.1, -0.05) is 37.6 Å². The molecule has 0 aromatic heterocycles. The van der Waals surface area contributed by atoms with E-state index in [-0.39, 0.29) is 12.6 Å². The summed E-state index contributed by atoms with van der Waals surface area (Å²) < 4.78 is 4.86. The molecule has 0 spiro atoms. The van der Waals surface area contributed by atoms with Gasteiger partial charge in [0.1, 0.15) is 5.54 Å². The molecule has 0 aliphatic carbocycles. The third-order valence-corrected chi connectivity index (χ3v) is 3.27. The molecule has 4 nitrogen and oxygen atoms in total. The average Bonchev–Trinajstić information content (AvgIpc) is 2.45. The Morgan fingerprint density at radius 2 is 1.89 bits per heavy atom. The molecule has 1 rings (SSSR count). The topological polar surface area (TPSA) is 58.6 Å². The Balaban J connectivity index is 2.67. The first-order chi connectivity index (χ1) is 9.05. The van der Waals surface area contributed by atoms with Crippen molar-refractivity contribution in [1.82, 2.24) is 5.32 Å². The van der Waals surface area contributed by atoms with Crippen LogP contribution >= 0.6 is 0 Å². The van der Waals surface area contributed by atoms with Crippen molar-refractivity contribution in [2.75, 3.05) is 7.11 Å². The number of methoxy groups -OCH3 is 1. The van der Waals surface area contributed by atoms with Gasteiger partial charge in [-0.3, -0.25) is 10.1 Å². The van der Waals surface area contributed by atoms with E-state index in [1.165, 1.54) is 7.11 Å². The van der Waals surface area contributed by atoms with E-state index in [1.54, 1.807) is 0 Å².